The van der Waals surface area contributed by atoms with Crippen molar-refractivity contribution in [3.05, 3.63) is 30.2 Å². The molecule has 0 aliphatic heterocycles. The molecule has 5 N–H and O–H groups in total. The van der Waals surface area contributed by atoms with E-state index in [9.17, 15) is 4.79 Å². The molecule has 0 fully saturated rings. The molecule has 0 aromatic carbocycles. The molecule has 0 unspecified atom stereocenters. The summed E-state index contributed by atoms with van der Waals surface area (Å²) in [5.41, 5.74) is 12.2. The number of nitrogens with one attached hydrogen (secondary N) is 1. The molecule has 0 bridgehead atoms. The fourth-order valence-corrected chi connectivity index (χ4v) is 1.33. The van der Waals surface area contributed by atoms with Crippen LogP contribution in [-0.4, -0.2) is 20.7 Å². The Hall–Kier alpha value is -2.57. The Bertz CT molecular complexity index is 562. The number of amides is 1. The number of aryl methyl sites for hydroxylation is 1. The van der Waals surface area contributed by atoms with Crippen molar-refractivity contribution in [3.8, 4) is 0 Å². The van der Waals surface area contributed by atoms with E-state index in [-0.39, 0.29) is 5.69 Å². The van der Waals surface area contributed by atoms with Crippen molar-refractivity contribution >= 4 is 23.1 Å². The highest BCUT2D eigenvalue weighted by Gasteiger charge is 2.07. The molecular weight excluding hydrogens is 220 g/mol. The fourth-order valence-electron chi connectivity index (χ4n) is 1.33. The van der Waals surface area contributed by atoms with Crippen LogP contribution in [0.1, 0.15) is 10.5 Å². The van der Waals surface area contributed by atoms with Crippen molar-refractivity contribution in [2.75, 3.05) is 11.1 Å². The van der Waals surface area contributed by atoms with Gasteiger partial charge in [0.25, 0.3) is 5.91 Å². The Kier molecular flexibility index (Phi) is 2.65. The van der Waals surface area contributed by atoms with Crippen molar-refractivity contribution in [1.29, 1.82) is 0 Å². The van der Waals surface area contributed by atoms with Crippen LogP contribution in [0.3, 0.4) is 0 Å². The first-order valence-electron chi connectivity index (χ1n) is 4.88. The van der Waals surface area contributed by atoms with E-state index >= 15 is 0 Å². The quantitative estimate of drug-likeness (QED) is 0.701. The molecular formula is C10H12N6O. The number of rotatable bonds is 3. The first-order valence-corrected chi connectivity index (χ1v) is 4.88. The third-order valence-corrected chi connectivity index (χ3v) is 2.15. The predicted molar refractivity (Wildman–Crippen MR) is 63.7 cm³/mol. The molecule has 17 heavy (non-hydrogen) atoms. The highest BCUT2D eigenvalue weighted by Crippen LogP contribution is 2.20. The molecule has 0 atom stereocenters. The third-order valence-electron chi connectivity index (χ3n) is 2.15. The van der Waals surface area contributed by atoms with E-state index in [0.29, 0.717) is 11.5 Å². The molecule has 0 aliphatic carbocycles. The second kappa shape index (κ2) is 4.12. The largest absolute Gasteiger partial charge is 0.396 e. The topological polar surface area (TPSA) is 112 Å². The van der Waals surface area contributed by atoms with Gasteiger partial charge in [0, 0.05) is 13.2 Å². The highest BCUT2D eigenvalue weighted by atomic mass is 16.1. The molecule has 0 saturated heterocycles. The van der Waals surface area contributed by atoms with Gasteiger partial charge in [0.2, 0.25) is 0 Å². The van der Waals surface area contributed by atoms with Gasteiger partial charge >= 0.3 is 0 Å². The van der Waals surface area contributed by atoms with E-state index in [2.05, 4.69) is 15.4 Å². The smallest absolute Gasteiger partial charge is 0.267 e. The number of pyridine rings is 1. The molecule has 7 nitrogen and oxygen atoms in total. The van der Waals surface area contributed by atoms with E-state index in [1.807, 2.05) is 0 Å². The van der Waals surface area contributed by atoms with Crippen LogP contribution in [0.5, 0.6) is 0 Å². The van der Waals surface area contributed by atoms with Crippen LogP contribution >= 0.6 is 0 Å². The zero-order valence-electron chi connectivity index (χ0n) is 9.21. The van der Waals surface area contributed by atoms with E-state index in [0.717, 1.165) is 5.69 Å². The van der Waals surface area contributed by atoms with Crippen LogP contribution in [-0.2, 0) is 7.05 Å². The molecule has 7 heteroatoms. The molecule has 88 valence electrons. The number of nitrogen functional groups attached to an aromatic ring is 1. The van der Waals surface area contributed by atoms with Crippen molar-refractivity contribution in [2.45, 2.75) is 0 Å². The van der Waals surface area contributed by atoms with Gasteiger partial charge in [-0.2, -0.15) is 5.10 Å². The molecule has 1 amide bonds. The Morgan fingerprint density at radius 1 is 1.47 bits per heavy atom. The summed E-state index contributed by atoms with van der Waals surface area (Å²) in [5.74, 6) is -0.214. The zero-order chi connectivity index (χ0) is 12.4. The lowest BCUT2D eigenvalue weighted by atomic mass is 10.3. The summed E-state index contributed by atoms with van der Waals surface area (Å²) >= 11 is 0. The van der Waals surface area contributed by atoms with Crippen molar-refractivity contribution in [1.82, 2.24) is 14.8 Å². The summed E-state index contributed by atoms with van der Waals surface area (Å²) < 4.78 is 1.64. The number of nitrogens with two attached hydrogens (primary N) is 2. The summed E-state index contributed by atoms with van der Waals surface area (Å²) in [5, 5.41) is 6.95. The fraction of sp³-hybridized carbons (Fsp3) is 0.100. The minimum Gasteiger partial charge on any atom is -0.396 e. The van der Waals surface area contributed by atoms with Crippen molar-refractivity contribution in [2.24, 2.45) is 12.8 Å². The molecule has 0 saturated carbocycles. The van der Waals surface area contributed by atoms with Gasteiger partial charge in [0.05, 0.1) is 17.6 Å². The minimum absolute atomic E-state index is 0.158. The lowest BCUT2D eigenvalue weighted by molar-refractivity contribution is 0.0996. The van der Waals surface area contributed by atoms with Gasteiger partial charge in [0.1, 0.15) is 5.69 Å². The van der Waals surface area contributed by atoms with Gasteiger partial charge in [0.15, 0.2) is 5.82 Å². The number of anilines is 3. The van der Waals surface area contributed by atoms with Crippen LogP contribution in [0.15, 0.2) is 24.5 Å². The summed E-state index contributed by atoms with van der Waals surface area (Å²) in [6, 6.07) is 3.05. The molecule has 2 aromatic rings. The number of primary amides is 1. The molecule has 2 aromatic heterocycles. The van der Waals surface area contributed by atoms with E-state index in [4.69, 9.17) is 11.5 Å². The Morgan fingerprint density at radius 3 is 2.82 bits per heavy atom. The van der Waals surface area contributed by atoms with Gasteiger partial charge in [-0.05, 0) is 12.1 Å². The molecule has 0 aliphatic rings. The average Bonchev–Trinajstić information content (AvgIpc) is 2.67. The van der Waals surface area contributed by atoms with Gasteiger partial charge in [-0.15, -0.1) is 0 Å². The predicted octanol–water partition coefficient (Wildman–Crippen LogP) is 0.240. The van der Waals surface area contributed by atoms with Crippen molar-refractivity contribution in [3.63, 3.8) is 0 Å². The van der Waals surface area contributed by atoms with Crippen molar-refractivity contribution < 1.29 is 4.79 Å². The maximum atomic E-state index is 11.0. The minimum atomic E-state index is -0.598. The first kappa shape index (κ1) is 10.9. The summed E-state index contributed by atoms with van der Waals surface area (Å²) in [6.07, 6.45) is 3.39. The normalized spacial score (nSPS) is 10.2. The van der Waals surface area contributed by atoms with Gasteiger partial charge in [-0.1, -0.05) is 0 Å². The molecule has 0 radical (unpaired) electrons. The Labute approximate surface area is 97.4 Å². The molecule has 2 heterocycles. The number of carbonyl (C=O) groups excluding carboxylic acids is 1. The van der Waals surface area contributed by atoms with Crippen LogP contribution < -0.4 is 16.8 Å². The first-order chi connectivity index (χ1) is 8.06. The zero-order valence-corrected chi connectivity index (χ0v) is 9.21. The third kappa shape index (κ3) is 2.33. The molecule has 2 rings (SSSR count). The number of hydrogen-bond acceptors (Lipinski definition) is 5. The van der Waals surface area contributed by atoms with E-state index < -0.39 is 5.91 Å². The lowest BCUT2D eigenvalue weighted by Gasteiger charge is -2.06. The van der Waals surface area contributed by atoms with Gasteiger partial charge in [-0.3, -0.25) is 9.48 Å². The van der Waals surface area contributed by atoms with Crippen LogP contribution in [0.25, 0.3) is 0 Å². The number of nitrogens with zero attached hydrogens (tertiary/aromatic N) is 3. The average molecular weight is 232 g/mol. The maximum Gasteiger partial charge on any atom is 0.267 e. The second-order valence-corrected chi connectivity index (χ2v) is 3.53. The number of carbonyl (C=O) groups is 1. The summed E-state index contributed by atoms with van der Waals surface area (Å²) in [7, 11) is 1.79. The maximum absolute atomic E-state index is 11.0. The van der Waals surface area contributed by atoms with Gasteiger partial charge < -0.3 is 16.8 Å². The highest BCUT2D eigenvalue weighted by molar-refractivity contribution is 5.92. The second-order valence-electron chi connectivity index (χ2n) is 3.53. The number of aromatic nitrogens is 3. The van der Waals surface area contributed by atoms with Crippen LogP contribution in [0, 0.1) is 0 Å². The van der Waals surface area contributed by atoms with Gasteiger partial charge in [-0.25, -0.2) is 4.98 Å². The summed E-state index contributed by atoms with van der Waals surface area (Å²) in [6.45, 7) is 0. The monoisotopic (exact) mass is 232 g/mol. The standard InChI is InChI=1S/C10H12N6O/c1-16-5-6(4-13-16)14-10-7(11)2-3-8(15-10)9(12)17/h2-5H,11H2,1H3,(H2,12,17)(H,14,15). The van der Waals surface area contributed by atoms with Crippen LogP contribution in [0.4, 0.5) is 17.2 Å². The number of hydrogen-bond donors (Lipinski definition) is 3. The van der Waals surface area contributed by atoms with E-state index in [1.165, 1.54) is 6.07 Å². The Morgan fingerprint density at radius 2 is 2.24 bits per heavy atom. The summed E-state index contributed by atoms with van der Waals surface area (Å²) in [4.78, 5) is 15.0. The molecule has 0 spiro atoms. The lowest BCUT2D eigenvalue weighted by Crippen LogP contribution is -2.14. The van der Waals surface area contributed by atoms with Crippen LogP contribution in [0.2, 0.25) is 0 Å². The SMILES string of the molecule is Cn1cc(Nc2nc(C(N)=O)ccc2N)cn1. The Balaban J connectivity index is 2.31. The van der Waals surface area contributed by atoms with E-state index in [1.54, 1.807) is 30.2 Å².